The Morgan fingerprint density at radius 2 is 1.89 bits per heavy atom. The number of aryl methyl sites for hydroxylation is 2. The Kier molecular flexibility index (Phi) is 4.21. The van der Waals surface area contributed by atoms with Crippen molar-refractivity contribution in [2.75, 3.05) is 4.72 Å². The molecule has 0 spiro atoms. The molecule has 5 nitrogen and oxygen atoms in total. The van der Waals surface area contributed by atoms with Gasteiger partial charge in [0.25, 0.3) is 10.0 Å². The van der Waals surface area contributed by atoms with Crippen molar-refractivity contribution in [1.82, 2.24) is 9.38 Å². The summed E-state index contributed by atoms with van der Waals surface area (Å²) in [4.78, 5) is 5.82. The van der Waals surface area contributed by atoms with E-state index in [0.717, 1.165) is 41.0 Å². The number of rotatable bonds is 4. The summed E-state index contributed by atoms with van der Waals surface area (Å²) in [6.07, 6.45) is 8.19. The Labute approximate surface area is 167 Å². The van der Waals surface area contributed by atoms with Crippen LogP contribution in [0.5, 0.6) is 0 Å². The summed E-state index contributed by atoms with van der Waals surface area (Å²) >= 11 is 1.57. The first-order valence-corrected chi connectivity index (χ1v) is 11.6. The average molecular weight is 410 g/mol. The molecular formula is C21H19N3O2S2. The van der Waals surface area contributed by atoms with Gasteiger partial charge in [0, 0.05) is 29.0 Å². The van der Waals surface area contributed by atoms with Crippen LogP contribution in [0, 0.1) is 0 Å². The number of benzene rings is 2. The van der Waals surface area contributed by atoms with Crippen molar-refractivity contribution in [3.63, 3.8) is 0 Å². The maximum absolute atomic E-state index is 12.9. The fourth-order valence-corrected chi connectivity index (χ4v) is 5.50. The van der Waals surface area contributed by atoms with E-state index in [1.54, 1.807) is 23.5 Å². The van der Waals surface area contributed by atoms with Crippen LogP contribution < -0.4 is 4.72 Å². The van der Waals surface area contributed by atoms with E-state index in [-0.39, 0.29) is 0 Å². The molecule has 0 aliphatic heterocycles. The number of anilines is 1. The summed E-state index contributed by atoms with van der Waals surface area (Å²) in [6, 6.07) is 12.8. The van der Waals surface area contributed by atoms with Gasteiger partial charge in [0.15, 0.2) is 4.96 Å². The molecule has 1 aliphatic carbocycles. The molecule has 2 aromatic heterocycles. The summed E-state index contributed by atoms with van der Waals surface area (Å²) in [5, 5.41) is 1.98. The van der Waals surface area contributed by atoms with Crippen LogP contribution in [-0.4, -0.2) is 17.8 Å². The van der Waals surface area contributed by atoms with E-state index in [1.807, 2.05) is 52.5 Å². The Hall–Kier alpha value is -2.64. The van der Waals surface area contributed by atoms with Gasteiger partial charge in [0.2, 0.25) is 0 Å². The minimum atomic E-state index is -3.63. The SMILES string of the molecule is O=S(=O)(Nc1cccc(-c2cn3ccsc3n2)c1)c1ccc2c(c1)CCCC2. The molecule has 0 atom stereocenters. The van der Waals surface area contributed by atoms with Crippen LogP contribution in [0.3, 0.4) is 0 Å². The first-order valence-electron chi connectivity index (χ1n) is 9.26. The van der Waals surface area contributed by atoms with Crippen molar-refractivity contribution in [3.8, 4) is 11.3 Å². The number of nitrogens with zero attached hydrogens (tertiary/aromatic N) is 2. The summed E-state index contributed by atoms with van der Waals surface area (Å²) in [5.41, 5.74) is 4.66. The predicted molar refractivity (Wildman–Crippen MR) is 112 cm³/mol. The van der Waals surface area contributed by atoms with Crippen LogP contribution >= 0.6 is 11.3 Å². The molecule has 2 heterocycles. The smallest absolute Gasteiger partial charge is 0.261 e. The van der Waals surface area contributed by atoms with Gasteiger partial charge >= 0.3 is 0 Å². The van der Waals surface area contributed by atoms with E-state index in [0.29, 0.717) is 10.6 Å². The van der Waals surface area contributed by atoms with Gasteiger partial charge in [-0.05, 0) is 61.1 Å². The fraction of sp³-hybridized carbons (Fsp3) is 0.190. The van der Waals surface area contributed by atoms with Crippen LogP contribution in [-0.2, 0) is 22.9 Å². The maximum Gasteiger partial charge on any atom is 0.261 e. The van der Waals surface area contributed by atoms with Crippen LogP contribution in [0.15, 0.2) is 65.1 Å². The number of sulfonamides is 1. The highest BCUT2D eigenvalue weighted by molar-refractivity contribution is 7.92. The summed E-state index contributed by atoms with van der Waals surface area (Å²) < 4.78 is 30.5. The highest BCUT2D eigenvalue weighted by atomic mass is 32.2. The van der Waals surface area contributed by atoms with Crippen LogP contribution in [0.4, 0.5) is 5.69 Å². The van der Waals surface area contributed by atoms with E-state index in [9.17, 15) is 8.42 Å². The normalized spacial score (nSPS) is 14.1. The highest BCUT2D eigenvalue weighted by Gasteiger charge is 2.18. The van der Waals surface area contributed by atoms with Crippen molar-refractivity contribution in [1.29, 1.82) is 0 Å². The molecule has 0 saturated heterocycles. The molecule has 0 unspecified atom stereocenters. The zero-order valence-electron chi connectivity index (χ0n) is 15.1. The maximum atomic E-state index is 12.9. The average Bonchev–Trinajstić information content (AvgIpc) is 3.30. The van der Waals surface area contributed by atoms with Gasteiger partial charge in [0.1, 0.15) is 0 Å². The largest absolute Gasteiger partial charge is 0.297 e. The first kappa shape index (κ1) is 17.5. The standard InChI is InChI=1S/C21H19N3O2S2/c25-28(26,19-9-8-15-4-1-2-5-16(15)13-19)23-18-7-3-6-17(12-18)20-14-24-10-11-27-21(24)22-20/h3,6-14,23H,1-2,4-5H2. The summed E-state index contributed by atoms with van der Waals surface area (Å²) in [7, 11) is -3.63. The number of fused-ring (bicyclic) bond motifs is 2. The molecule has 0 bridgehead atoms. The van der Waals surface area contributed by atoms with Gasteiger partial charge in [-0.1, -0.05) is 18.2 Å². The molecule has 0 radical (unpaired) electrons. The van der Waals surface area contributed by atoms with E-state index >= 15 is 0 Å². The fourth-order valence-electron chi connectivity index (χ4n) is 3.70. The molecule has 1 aliphatic rings. The van der Waals surface area contributed by atoms with Crippen molar-refractivity contribution >= 4 is 32.0 Å². The molecule has 142 valence electrons. The Bertz CT molecular complexity index is 1240. The molecular weight excluding hydrogens is 390 g/mol. The lowest BCUT2D eigenvalue weighted by atomic mass is 9.92. The Balaban J connectivity index is 1.44. The van der Waals surface area contributed by atoms with Gasteiger partial charge in [-0.2, -0.15) is 0 Å². The summed E-state index contributed by atoms with van der Waals surface area (Å²) in [6.45, 7) is 0. The number of imidazole rings is 1. The van der Waals surface area contributed by atoms with Crippen LogP contribution in [0.25, 0.3) is 16.2 Å². The van der Waals surface area contributed by atoms with E-state index in [4.69, 9.17) is 0 Å². The predicted octanol–water partition coefficient (Wildman–Crippen LogP) is 4.74. The van der Waals surface area contributed by atoms with Crippen LogP contribution in [0.2, 0.25) is 0 Å². The van der Waals surface area contributed by atoms with Gasteiger partial charge in [-0.15, -0.1) is 11.3 Å². The number of hydrogen-bond acceptors (Lipinski definition) is 4. The number of nitrogens with one attached hydrogen (secondary N) is 1. The Morgan fingerprint density at radius 3 is 2.75 bits per heavy atom. The van der Waals surface area contributed by atoms with E-state index in [2.05, 4.69) is 9.71 Å². The minimum Gasteiger partial charge on any atom is -0.297 e. The third kappa shape index (κ3) is 3.21. The molecule has 7 heteroatoms. The minimum absolute atomic E-state index is 0.320. The zero-order valence-corrected chi connectivity index (χ0v) is 16.8. The van der Waals surface area contributed by atoms with Gasteiger partial charge in [-0.25, -0.2) is 13.4 Å². The Morgan fingerprint density at radius 1 is 1.04 bits per heavy atom. The van der Waals surface area contributed by atoms with E-state index in [1.165, 1.54) is 12.0 Å². The molecule has 1 N–H and O–H groups in total. The van der Waals surface area contributed by atoms with Crippen molar-refractivity contribution < 1.29 is 8.42 Å². The molecule has 28 heavy (non-hydrogen) atoms. The zero-order chi connectivity index (χ0) is 19.1. The third-order valence-corrected chi connectivity index (χ3v) is 7.28. The lowest BCUT2D eigenvalue weighted by molar-refractivity contribution is 0.600. The number of aromatic nitrogens is 2. The summed E-state index contributed by atoms with van der Waals surface area (Å²) in [5.74, 6) is 0. The second-order valence-electron chi connectivity index (χ2n) is 7.04. The molecule has 0 fully saturated rings. The van der Waals surface area contributed by atoms with Crippen LogP contribution in [0.1, 0.15) is 24.0 Å². The van der Waals surface area contributed by atoms with Crippen molar-refractivity contribution in [3.05, 3.63) is 71.4 Å². The first-order chi connectivity index (χ1) is 13.6. The number of thiazole rings is 1. The van der Waals surface area contributed by atoms with Crippen molar-refractivity contribution in [2.45, 2.75) is 30.6 Å². The second kappa shape index (κ2) is 6.76. The van der Waals surface area contributed by atoms with Gasteiger partial charge < -0.3 is 0 Å². The molecule has 2 aromatic carbocycles. The topological polar surface area (TPSA) is 63.5 Å². The van der Waals surface area contributed by atoms with Gasteiger partial charge in [0.05, 0.1) is 10.6 Å². The molecule has 4 aromatic rings. The monoisotopic (exact) mass is 409 g/mol. The molecule has 0 amide bonds. The lowest BCUT2D eigenvalue weighted by Gasteiger charge is -2.17. The third-order valence-electron chi connectivity index (χ3n) is 5.13. The lowest BCUT2D eigenvalue weighted by Crippen LogP contribution is -2.14. The molecule has 5 rings (SSSR count). The highest BCUT2D eigenvalue weighted by Crippen LogP contribution is 2.27. The second-order valence-corrected chi connectivity index (χ2v) is 9.60. The van der Waals surface area contributed by atoms with E-state index < -0.39 is 10.0 Å². The van der Waals surface area contributed by atoms with Gasteiger partial charge in [-0.3, -0.25) is 9.12 Å². The molecule has 0 saturated carbocycles. The number of hydrogen-bond donors (Lipinski definition) is 1. The van der Waals surface area contributed by atoms with Crippen molar-refractivity contribution in [2.24, 2.45) is 0 Å². The quantitative estimate of drug-likeness (QED) is 0.529.